The van der Waals surface area contributed by atoms with Crippen LogP contribution in [0.3, 0.4) is 0 Å². The van der Waals surface area contributed by atoms with Gasteiger partial charge in [0.25, 0.3) is 5.91 Å². The van der Waals surface area contributed by atoms with E-state index in [0.717, 1.165) is 16.7 Å². The minimum atomic E-state index is -0.689. The number of nitrogens with two attached hydrogens (primary N) is 1. The lowest BCUT2D eigenvalue weighted by atomic mass is 10.0. The number of carbonyl (C=O) groups excluding carboxylic acids is 4. The van der Waals surface area contributed by atoms with Crippen LogP contribution in [0, 0.1) is 0 Å². The summed E-state index contributed by atoms with van der Waals surface area (Å²) in [5.41, 5.74) is 10.2. The van der Waals surface area contributed by atoms with Crippen LogP contribution in [0.2, 0.25) is 0 Å². The van der Waals surface area contributed by atoms with E-state index in [1.54, 1.807) is 45.0 Å². The number of alkyl carbamates (subject to hydrolysis) is 1. The number of hydrogen-bond acceptors (Lipinski definition) is 5. The molecular formula is C28H30N6O5. The van der Waals surface area contributed by atoms with Gasteiger partial charge in [-0.25, -0.2) is 9.59 Å². The molecule has 0 atom stereocenters. The van der Waals surface area contributed by atoms with Crippen LogP contribution in [-0.2, 0) is 20.9 Å². The zero-order valence-electron chi connectivity index (χ0n) is 21.8. The first-order chi connectivity index (χ1) is 18.5. The van der Waals surface area contributed by atoms with Crippen molar-refractivity contribution in [2.24, 2.45) is 5.73 Å². The molecule has 3 aromatic rings. The molecule has 2 heterocycles. The molecule has 7 N–H and O–H groups in total. The summed E-state index contributed by atoms with van der Waals surface area (Å²) in [7, 11) is 0. The van der Waals surface area contributed by atoms with E-state index in [1.807, 2.05) is 36.5 Å². The summed E-state index contributed by atoms with van der Waals surface area (Å²) in [4.78, 5) is 50.8. The highest BCUT2D eigenvalue weighted by Gasteiger charge is 2.25. The summed E-state index contributed by atoms with van der Waals surface area (Å²) in [5, 5.41) is 10.5. The number of amides is 5. The highest BCUT2D eigenvalue weighted by molar-refractivity contribution is 6.35. The minimum Gasteiger partial charge on any atom is -0.444 e. The topological polar surface area (TPSA) is 167 Å². The van der Waals surface area contributed by atoms with Gasteiger partial charge in [-0.15, -0.1) is 0 Å². The van der Waals surface area contributed by atoms with Crippen LogP contribution in [0.15, 0.2) is 54.7 Å². The van der Waals surface area contributed by atoms with Gasteiger partial charge in [0.15, 0.2) is 0 Å². The van der Waals surface area contributed by atoms with Gasteiger partial charge < -0.3 is 36.7 Å². The van der Waals surface area contributed by atoms with Crippen LogP contribution in [0.4, 0.5) is 21.0 Å². The number of rotatable bonds is 7. The fraction of sp³-hybridized carbons (Fsp3) is 0.214. The van der Waals surface area contributed by atoms with Gasteiger partial charge in [-0.2, -0.15) is 0 Å². The maximum atomic E-state index is 12.6. The maximum absolute atomic E-state index is 12.6. The Morgan fingerprint density at radius 2 is 1.82 bits per heavy atom. The number of urea groups is 1. The van der Waals surface area contributed by atoms with Gasteiger partial charge in [-0.05, 0) is 73.9 Å². The number of hydrogen-bond donors (Lipinski definition) is 6. The molecular weight excluding hydrogens is 500 g/mol. The molecule has 0 aliphatic carbocycles. The lowest BCUT2D eigenvalue weighted by Gasteiger charge is -2.19. The number of aromatic amines is 1. The molecule has 1 aromatic heterocycles. The fourth-order valence-corrected chi connectivity index (χ4v) is 3.96. The van der Waals surface area contributed by atoms with E-state index in [4.69, 9.17) is 10.5 Å². The van der Waals surface area contributed by atoms with Crippen molar-refractivity contribution in [3.05, 3.63) is 71.5 Å². The first-order valence-electron chi connectivity index (χ1n) is 12.2. The summed E-state index contributed by atoms with van der Waals surface area (Å²) >= 11 is 0. The number of aromatic nitrogens is 1. The molecule has 1 aliphatic rings. The smallest absolute Gasteiger partial charge is 0.408 e. The standard InChI is InChI=1S/C28H30N6O5/c1-28(2,3)39-27(38)32-15-24(35)31-13-16-5-4-6-17(9-16)18-10-20(30-14-18)12-22-21-11-19(33-26(29)37)7-8-23(21)34-25(22)36/h4-12,14,30H,13,15H2,1-3H3,(H,31,35)(H,32,38)(H,34,36)(H3,29,33,37)/b22-12-. The molecule has 0 bridgehead atoms. The predicted molar refractivity (Wildman–Crippen MR) is 148 cm³/mol. The molecule has 0 unspecified atom stereocenters. The highest BCUT2D eigenvalue weighted by atomic mass is 16.6. The molecule has 1 aliphatic heterocycles. The molecule has 202 valence electrons. The first kappa shape index (κ1) is 27.0. The van der Waals surface area contributed by atoms with Crippen molar-refractivity contribution in [2.75, 3.05) is 17.2 Å². The van der Waals surface area contributed by atoms with Gasteiger partial charge in [0.1, 0.15) is 12.1 Å². The SMILES string of the molecule is CC(C)(C)OC(=O)NCC(=O)NCc1cccc(-c2c[nH]c(/C=C3\C(=O)Nc4ccc(NC(N)=O)cc43)c2)c1. The first-order valence-corrected chi connectivity index (χ1v) is 12.2. The lowest BCUT2D eigenvalue weighted by Crippen LogP contribution is -2.39. The molecule has 11 nitrogen and oxygen atoms in total. The van der Waals surface area contributed by atoms with Crippen LogP contribution in [-0.4, -0.2) is 41.1 Å². The van der Waals surface area contributed by atoms with E-state index in [-0.39, 0.29) is 24.9 Å². The van der Waals surface area contributed by atoms with E-state index < -0.39 is 17.7 Å². The molecule has 4 rings (SSSR count). The molecule has 0 saturated carbocycles. The second kappa shape index (κ2) is 11.1. The Bertz CT molecular complexity index is 1470. The number of H-pyrrole nitrogens is 1. The van der Waals surface area contributed by atoms with E-state index in [2.05, 4.69) is 26.3 Å². The van der Waals surface area contributed by atoms with Crippen molar-refractivity contribution < 1.29 is 23.9 Å². The van der Waals surface area contributed by atoms with Crippen molar-refractivity contribution in [3.8, 4) is 11.1 Å². The van der Waals surface area contributed by atoms with Gasteiger partial charge in [0, 0.05) is 35.4 Å². The number of fused-ring (bicyclic) bond motifs is 1. The number of benzene rings is 2. The molecule has 39 heavy (non-hydrogen) atoms. The zero-order valence-corrected chi connectivity index (χ0v) is 21.8. The number of nitrogens with one attached hydrogen (secondary N) is 5. The average molecular weight is 531 g/mol. The Morgan fingerprint density at radius 1 is 1.03 bits per heavy atom. The Labute approximate surface area is 225 Å². The molecule has 0 fully saturated rings. The van der Waals surface area contributed by atoms with Crippen molar-refractivity contribution in [2.45, 2.75) is 32.9 Å². The second-order valence-corrected chi connectivity index (χ2v) is 9.94. The summed E-state index contributed by atoms with van der Waals surface area (Å²) in [6.45, 7) is 5.32. The van der Waals surface area contributed by atoms with E-state index in [9.17, 15) is 19.2 Å². The average Bonchev–Trinajstić information content (AvgIpc) is 3.45. The van der Waals surface area contributed by atoms with Crippen LogP contribution in [0.5, 0.6) is 0 Å². The Morgan fingerprint density at radius 3 is 2.56 bits per heavy atom. The zero-order chi connectivity index (χ0) is 28.2. The van der Waals surface area contributed by atoms with Crippen molar-refractivity contribution in [1.82, 2.24) is 15.6 Å². The van der Waals surface area contributed by atoms with Crippen LogP contribution in [0.1, 0.15) is 37.6 Å². The second-order valence-electron chi connectivity index (χ2n) is 9.94. The molecule has 0 saturated heterocycles. The van der Waals surface area contributed by atoms with Gasteiger partial charge in [-0.3, -0.25) is 9.59 Å². The highest BCUT2D eigenvalue weighted by Crippen LogP contribution is 2.35. The van der Waals surface area contributed by atoms with Crippen LogP contribution >= 0.6 is 0 Å². The summed E-state index contributed by atoms with van der Waals surface area (Å²) in [5.74, 6) is -0.595. The number of ether oxygens (including phenoxy) is 1. The molecule has 2 aromatic carbocycles. The molecule has 5 amide bonds. The van der Waals surface area contributed by atoms with Gasteiger partial charge in [0.2, 0.25) is 5.91 Å². The normalized spacial score (nSPS) is 13.4. The Hall–Kier alpha value is -5.06. The van der Waals surface area contributed by atoms with Crippen molar-refractivity contribution in [3.63, 3.8) is 0 Å². The van der Waals surface area contributed by atoms with Gasteiger partial charge in [-0.1, -0.05) is 18.2 Å². The third-order valence-corrected chi connectivity index (χ3v) is 5.62. The summed E-state index contributed by atoms with van der Waals surface area (Å²) in [6.07, 6.45) is 2.91. The number of anilines is 2. The summed E-state index contributed by atoms with van der Waals surface area (Å²) < 4.78 is 5.12. The Balaban J connectivity index is 1.41. The molecule has 0 spiro atoms. The largest absolute Gasteiger partial charge is 0.444 e. The third kappa shape index (κ3) is 7.25. The fourth-order valence-electron chi connectivity index (χ4n) is 3.96. The lowest BCUT2D eigenvalue weighted by molar-refractivity contribution is -0.120. The Kier molecular flexibility index (Phi) is 7.70. The van der Waals surface area contributed by atoms with Crippen LogP contribution in [0.25, 0.3) is 22.8 Å². The third-order valence-electron chi connectivity index (χ3n) is 5.62. The monoisotopic (exact) mass is 530 g/mol. The minimum absolute atomic E-state index is 0.193. The maximum Gasteiger partial charge on any atom is 0.408 e. The number of primary amides is 1. The van der Waals surface area contributed by atoms with Crippen molar-refractivity contribution in [1.29, 1.82) is 0 Å². The van der Waals surface area contributed by atoms with Gasteiger partial charge >= 0.3 is 12.1 Å². The number of carbonyl (C=O) groups is 4. The van der Waals surface area contributed by atoms with Crippen LogP contribution < -0.4 is 27.0 Å². The predicted octanol–water partition coefficient (Wildman–Crippen LogP) is 3.81. The summed E-state index contributed by atoms with van der Waals surface area (Å²) in [6, 6.07) is 13.9. The van der Waals surface area contributed by atoms with Gasteiger partial charge in [0.05, 0.1) is 5.57 Å². The van der Waals surface area contributed by atoms with E-state index >= 15 is 0 Å². The van der Waals surface area contributed by atoms with E-state index in [0.29, 0.717) is 28.2 Å². The molecule has 0 radical (unpaired) electrons. The van der Waals surface area contributed by atoms with E-state index in [1.165, 1.54) is 0 Å². The quantitative estimate of drug-likeness (QED) is 0.255. The molecule has 11 heteroatoms. The van der Waals surface area contributed by atoms with Crippen molar-refractivity contribution >= 4 is 47.0 Å².